The Labute approximate surface area is 182 Å². The monoisotopic (exact) mass is 419 g/mol. The van der Waals surface area contributed by atoms with Crippen molar-refractivity contribution < 1.29 is 19.4 Å². The summed E-state index contributed by atoms with van der Waals surface area (Å²) in [5, 5.41) is 13.5. The molecule has 30 heavy (non-hydrogen) atoms. The lowest BCUT2D eigenvalue weighted by atomic mass is 9.87. The number of nitrogens with one attached hydrogen (secondary N) is 1. The summed E-state index contributed by atoms with van der Waals surface area (Å²) in [6.45, 7) is 7.33. The SMILES string of the molecule is CCCCCCCC(O)c1ccc(CCC(CCC)(COC(C)=O)NC(C)=O)cc1. The van der Waals surface area contributed by atoms with E-state index in [4.69, 9.17) is 4.74 Å². The number of esters is 1. The average molecular weight is 420 g/mol. The molecule has 1 aromatic carbocycles. The van der Waals surface area contributed by atoms with Gasteiger partial charge in [0.25, 0.3) is 0 Å². The van der Waals surface area contributed by atoms with Gasteiger partial charge in [0.2, 0.25) is 5.91 Å². The van der Waals surface area contributed by atoms with Gasteiger partial charge in [-0.25, -0.2) is 0 Å². The van der Waals surface area contributed by atoms with Gasteiger partial charge in [0.15, 0.2) is 0 Å². The molecule has 2 unspecified atom stereocenters. The molecule has 0 aliphatic carbocycles. The van der Waals surface area contributed by atoms with Crippen LogP contribution in [0, 0.1) is 0 Å². The number of aliphatic hydroxyl groups excluding tert-OH is 1. The van der Waals surface area contributed by atoms with E-state index in [1.807, 2.05) is 24.3 Å². The number of carbonyl (C=O) groups excluding carboxylic acids is 2. The molecule has 1 rings (SSSR count). The zero-order valence-corrected chi connectivity index (χ0v) is 19.3. The average Bonchev–Trinajstić information content (AvgIpc) is 2.70. The lowest BCUT2D eigenvalue weighted by Gasteiger charge is -2.34. The summed E-state index contributed by atoms with van der Waals surface area (Å²) in [5.74, 6) is -0.457. The van der Waals surface area contributed by atoms with Crippen molar-refractivity contribution in [1.29, 1.82) is 0 Å². The summed E-state index contributed by atoms with van der Waals surface area (Å²) >= 11 is 0. The Morgan fingerprint density at radius 2 is 1.67 bits per heavy atom. The normalized spacial score (nSPS) is 14.0. The molecule has 0 spiro atoms. The fourth-order valence-electron chi connectivity index (χ4n) is 3.92. The number of carbonyl (C=O) groups is 2. The van der Waals surface area contributed by atoms with Crippen LogP contribution in [-0.4, -0.2) is 29.1 Å². The Kier molecular flexibility index (Phi) is 12.4. The molecule has 2 N–H and O–H groups in total. The van der Waals surface area contributed by atoms with E-state index in [9.17, 15) is 14.7 Å². The first-order chi connectivity index (χ1) is 14.3. The lowest BCUT2D eigenvalue weighted by molar-refractivity contribution is -0.144. The minimum absolute atomic E-state index is 0.118. The van der Waals surface area contributed by atoms with Crippen molar-refractivity contribution in [2.24, 2.45) is 0 Å². The van der Waals surface area contributed by atoms with Gasteiger partial charge in [-0.3, -0.25) is 9.59 Å². The van der Waals surface area contributed by atoms with Gasteiger partial charge in [0.1, 0.15) is 6.61 Å². The Bertz CT molecular complexity index is 629. The summed E-state index contributed by atoms with van der Waals surface area (Å²) in [7, 11) is 0. The number of benzene rings is 1. The largest absolute Gasteiger partial charge is 0.463 e. The van der Waals surface area contributed by atoms with Gasteiger partial charge >= 0.3 is 5.97 Å². The van der Waals surface area contributed by atoms with Crippen LogP contribution in [-0.2, 0) is 20.7 Å². The Hall–Kier alpha value is -1.88. The molecule has 0 heterocycles. The highest BCUT2D eigenvalue weighted by molar-refractivity contribution is 5.74. The van der Waals surface area contributed by atoms with Crippen molar-refractivity contribution in [2.75, 3.05) is 6.61 Å². The molecule has 170 valence electrons. The molecule has 0 fully saturated rings. The number of unbranched alkanes of at least 4 members (excludes halogenated alkanes) is 4. The van der Waals surface area contributed by atoms with Gasteiger partial charge in [0.05, 0.1) is 11.6 Å². The van der Waals surface area contributed by atoms with Crippen molar-refractivity contribution in [1.82, 2.24) is 5.32 Å². The van der Waals surface area contributed by atoms with Crippen LogP contribution in [0.5, 0.6) is 0 Å². The number of rotatable bonds is 15. The first kappa shape index (κ1) is 26.2. The number of amides is 1. The van der Waals surface area contributed by atoms with Gasteiger partial charge in [0, 0.05) is 13.8 Å². The number of hydrogen-bond donors (Lipinski definition) is 2. The van der Waals surface area contributed by atoms with E-state index in [0.29, 0.717) is 6.42 Å². The number of aryl methyl sites for hydroxylation is 1. The van der Waals surface area contributed by atoms with Crippen LogP contribution in [0.3, 0.4) is 0 Å². The first-order valence-corrected chi connectivity index (χ1v) is 11.5. The minimum Gasteiger partial charge on any atom is -0.463 e. The van der Waals surface area contributed by atoms with Crippen LogP contribution in [0.25, 0.3) is 0 Å². The Morgan fingerprint density at radius 1 is 1.00 bits per heavy atom. The van der Waals surface area contributed by atoms with E-state index < -0.39 is 11.6 Å². The van der Waals surface area contributed by atoms with E-state index in [2.05, 4.69) is 19.2 Å². The molecule has 0 saturated heterocycles. The summed E-state index contributed by atoms with van der Waals surface area (Å²) < 4.78 is 5.28. The van der Waals surface area contributed by atoms with Crippen molar-refractivity contribution >= 4 is 11.9 Å². The third kappa shape index (κ3) is 10.2. The van der Waals surface area contributed by atoms with Crippen LogP contribution < -0.4 is 5.32 Å². The van der Waals surface area contributed by atoms with E-state index in [0.717, 1.165) is 43.2 Å². The molecule has 0 aromatic heterocycles. The maximum absolute atomic E-state index is 11.8. The minimum atomic E-state index is -0.553. The predicted octanol–water partition coefficient (Wildman–Crippen LogP) is 5.25. The molecule has 5 nitrogen and oxygen atoms in total. The highest BCUT2D eigenvalue weighted by Crippen LogP contribution is 2.24. The second-order valence-corrected chi connectivity index (χ2v) is 8.45. The molecule has 1 aromatic rings. The van der Waals surface area contributed by atoms with Gasteiger partial charge in [-0.1, -0.05) is 76.6 Å². The molecule has 0 bridgehead atoms. The standard InChI is InChI=1S/C25H41NO4/c1-5-7-8-9-10-11-24(29)23-14-12-22(13-15-23)16-18-25(17-6-2,26-20(3)27)19-30-21(4)28/h12-15,24,29H,5-11,16-19H2,1-4H3,(H,26,27). The van der Waals surface area contributed by atoms with E-state index in [1.54, 1.807) is 0 Å². The third-order valence-corrected chi connectivity index (χ3v) is 5.56. The number of aliphatic hydroxyl groups is 1. The molecular weight excluding hydrogens is 378 g/mol. The highest BCUT2D eigenvalue weighted by Gasteiger charge is 2.31. The predicted molar refractivity (Wildman–Crippen MR) is 121 cm³/mol. The van der Waals surface area contributed by atoms with Crippen molar-refractivity contribution in [2.45, 2.75) is 104 Å². The maximum Gasteiger partial charge on any atom is 0.302 e. The molecule has 0 radical (unpaired) electrons. The molecule has 2 atom stereocenters. The quantitative estimate of drug-likeness (QED) is 0.301. The van der Waals surface area contributed by atoms with E-state index in [1.165, 1.54) is 39.5 Å². The Morgan fingerprint density at radius 3 is 2.23 bits per heavy atom. The summed E-state index contributed by atoms with van der Waals surface area (Å²) in [6, 6.07) is 8.09. The summed E-state index contributed by atoms with van der Waals surface area (Å²) in [6.07, 6.45) is 9.41. The Balaban J connectivity index is 2.68. The fraction of sp³-hybridized carbons (Fsp3) is 0.680. The summed E-state index contributed by atoms with van der Waals surface area (Å²) in [4.78, 5) is 23.1. The molecule has 0 aliphatic rings. The van der Waals surface area contributed by atoms with Crippen molar-refractivity contribution in [3.8, 4) is 0 Å². The van der Waals surface area contributed by atoms with Crippen LogP contribution in [0.1, 0.15) is 103 Å². The molecule has 1 amide bonds. The van der Waals surface area contributed by atoms with Gasteiger partial charge in [-0.2, -0.15) is 0 Å². The molecule has 5 heteroatoms. The van der Waals surface area contributed by atoms with Crippen LogP contribution >= 0.6 is 0 Å². The third-order valence-electron chi connectivity index (χ3n) is 5.56. The van der Waals surface area contributed by atoms with Crippen molar-refractivity contribution in [3.63, 3.8) is 0 Å². The van der Waals surface area contributed by atoms with Gasteiger partial charge in [-0.05, 0) is 36.8 Å². The fourth-order valence-corrected chi connectivity index (χ4v) is 3.92. The zero-order chi connectivity index (χ0) is 22.4. The highest BCUT2D eigenvalue weighted by atomic mass is 16.5. The van der Waals surface area contributed by atoms with Crippen LogP contribution in [0.15, 0.2) is 24.3 Å². The lowest BCUT2D eigenvalue weighted by Crippen LogP contribution is -2.51. The maximum atomic E-state index is 11.8. The molecule has 0 aliphatic heterocycles. The summed E-state index contributed by atoms with van der Waals surface area (Å²) in [5.41, 5.74) is 1.54. The number of ether oxygens (including phenoxy) is 1. The second-order valence-electron chi connectivity index (χ2n) is 8.45. The molecular formula is C25H41NO4. The first-order valence-electron chi connectivity index (χ1n) is 11.5. The van der Waals surface area contributed by atoms with Crippen LogP contribution in [0.2, 0.25) is 0 Å². The van der Waals surface area contributed by atoms with Gasteiger partial charge in [-0.15, -0.1) is 0 Å². The van der Waals surface area contributed by atoms with E-state index in [-0.39, 0.29) is 18.5 Å². The number of hydrogen-bond acceptors (Lipinski definition) is 4. The topological polar surface area (TPSA) is 75.6 Å². The second kappa shape index (κ2) is 14.2. The van der Waals surface area contributed by atoms with Crippen molar-refractivity contribution in [3.05, 3.63) is 35.4 Å². The van der Waals surface area contributed by atoms with Gasteiger partial charge < -0.3 is 15.2 Å². The van der Waals surface area contributed by atoms with Crippen LogP contribution in [0.4, 0.5) is 0 Å². The molecule has 0 saturated carbocycles. The smallest absolute Gasteiger partial charge is 0.302 e. The zero-order valence-electron chi connectivity index (χ0n) is 19.3. The van der Waals surface area contributed by atoms with E-state index >= 15 is 0 Å².